The van der Waals surface area contributed by atoms with E-state index in [2.05, 4.69) is 30.3 Å². The molecule has 0 spiro atoms. The molecule has 0 saturated carbocycles. The van der Waals surface area contributed by atoms with Gasteiger partial charge >= 0.3 is 0 Å². The second-order valence-electron chi connectivity index (χ2n) is 3.94. The van der Waals surface area contributed by atoms with E-state index in [9.17, 15) is 5.11 Å². The lowest BCUT2D eigenvalue weighted by atomic mass is 10.0. The van der Waals surface area contributed by atoms with Gasteiger partial charge in [-0.2, -0.15) is 0 Å². The molecule has 0 unspecified atom stereocenters. The van der Waals surface area contributed by atoms with E-state index in [0.717, 1.165) is 12.0 Å². The van der Waals surface area contributed by atoms with Gasteiger partial charge in [-0.05, 0) is 34.2 Å². The first-order chi connectivity index (χ1) is 7.40. The van der Waals surface area contributed by atoms with E-state index in [1.165, 1.54) is 22.3 Å². The molecule has 0 atom stereocenters. The topological polar surface area (TPSA) is 20.2 Å². The van der Waals surface area contributed by atoms with Crippen molar-refractivity contribution in [3.05, 3.63) is 59.2 Å². The fraction of sp³-hybridized carbons (Fsp3) is 0.143. The Bertz CT molecular complexity index is 514. The highest BCUT2D eigenvalue weighted by atomic mass is 16.3. The van der Waals surface area contributed by atoms with Crippen LogP contribution in [-0.2, 0) is 13.0 Å². The van der Waals surface area contributed by atoms with Crippen LogP contribution in [0.1, 0.15) is 16.7 Å². The Morgan fingerprint density at radius 3 is 2.60 bits per heavy atom. The van der Waals surface area contributed by atoms with Crippen molar-refractivity contribution in [3.63, 3.8) is 0 Å². The van der Waals surface area contributed by atoms with E-state index < -0.39 is 0 Å². The van der Waals surface area contributed by atoms with Crippen LogP contribution < -0.4 is 0 Å². The summed E-state index contributed by atoms with van der Waals surface area (Å²) in [6.45, 7) is 0.136. The van der Waals surface area contributed by atoms with Crippen LogP contribution in [0.25, 0.3) is 11.1 Å². The van der Waals surface area contributed by atoms with Gasteiger partial charge in [0.05, 0.1) is 6.61 Å². The standard InChI is InChI=1S/C14H12O/c15-9-11-5-3-7-13-12-6-2-1-4-10(12)8-14(11)13/h1-7,15H,8-9H2. The first kappa shape index (κ1) is 8.69. The number of hydrogen-bond donors (Lipinski definition) is 1. The summed E-state index contributed by atoms with van der Waals surface area (Å²) in [6.07, 6.45) is 0.961. The third-order valence-corrected chi connectivity index (χ3v) is 3.12. The van der Waals surface area contributed by atoms with Crippen LogP contribution in [0.2, 0.25) is 0 Å². The monoisotopic (exact) mass is 196 g/mol. The third kappa shape index (κ3) is 1.20. The van der Waals surface area contributed by atoms with E-state index in [0.29, 0.717) is 0 Å². The molecule has 0 fully saturated rings. The normalized spacial score (nSPS) is 12.3. The Balaban J connectivity index is 2.26. The number of aliphatic hydroxyl groups excluding tert-OH is 1. The third-order valence-electron chi connectivity index (χ3n) is 3.12. The molecule has 1 N–H and O–H groups in total. The number of fused-ring (bicyclic) bond motifs is 3. The first-order valence-electron chi connectivity index (χ1n) is 5.20. The molecule has 1 heteroatoms. The lowest BCUT2D eigenvalue weighted by Gasteiger charge is -2.04. The number of hydrogen-bond acceptors (Lipinski definition) is 1. The van der Waals surface area contributed by atoms with Crippen molar-refractivity contribution in [3.8, 4) is 11.1 Å². The van der Waals surface area contributed by atoms with Crippen LogP contribution in [0, 0.1) is 0 Å². The van der Waals surface area contributed by atoms with Gasteiger partial charge in [-0.1, -0.05) is 42.5 Å². The van der Waals surface area contributed by atoms with Gasteiger partial charge < -0.3 is 5.11 Å². The first-order valence-corrected chi connectivity index (χ1v) is 5.20. The van der Waals surface area contributed by atoms with Crippen LogP contribution in [-0.4, -0.2) is 5.11 Å². The lowest BCUT2D eigenvalue weighted by Crippen LogP contribution is -1.91. The Kier molecular flexibility index (Phi) is 1.86. The molecule has 0 heterocycles. The average Bonchev–Trinajstić information content (AvgIpc) is 2.67. The number of rotatable bonds is 1. The van der Waals surface area contributed by atoms with Gasteiger partial charge in [0.2, 0.25) is 0 Å². The molecule has 0 amide bonds. The van der Waals surface area contributed by atoms with Gasteiger partial charge in [-0.3, -0.25) is 0 Å². The molecular formula is C14H12O. The van der Waals surface area contributed by atoms with Crippen molar-refractivity contribution in [1.82, 2.24) is 0 Å². The van der Waals surface area contributed by atoms with Crippen molar-refractivity contribution in [2.45, 2.75) is 13.0 Å². The van der Waals surface area contributed by atoms with Gasteiger partial charge in [0, 0.05) is 0 Å². The van der Waals surface area contributed by atoms with Crippen molar-refractivity contribution < 1.29 is 5.11 Å². The summed E-state index contributed by atoms with van der Waals surface area (Å²) in [5.41, 5.74) is 6.33. The van der Waals surface area contributed by atoms with Crippen molar-refractivity contribution >= 4 is 0 Å². The maximum atomic E-state index is 9.28. The summed E-state index contributed by atoms with van der Waals surface area (Å²) in [6, 6.07) is 14.6. The Morgan fingerprint density at radius 2 is 1.73 bits per heavy atom. The smallest absolute Gasteiger partial charge is 0.0684 e. The second kappa shape index (κ2) is 3.21. The average molecular weight is 196 g/mol. The van der Waals surface area contributed by atoms with E-state index in [1.54, 1.807) is 0 Å². The molecule has 1 aliphatic rings. The van der Waals surface area contributed by atoms with Gasteiger partial charge in [0.1, 0.15) is 0 Å². The molecule has 0 radical (unpaired) electrons. The molecule has 0 aromatic heterocycles. The number of aliphatic hydroxyl groups is 1. The molecule has 1 aliphatic carbocycles. The predicted octanol–water partition coefficient (Wildman–Crippen LogP) is 2.75. The molecule has 15 heavy (non-hydrogen) atoms. The molecule has 0 saturated heterocycles. The van der Waals surface area contributed by atoms with Gasteiger partial charge in [0.15, 0.2) is 0 Å². The molecule has 2 aromatic carbocycles. The summed E-state index contributed by atoms with van der Waals surface area (Å²) in [7, 11) is 0. The largest absolute Gasteiger partial charge is 0.392 e. The highest BCUT2D eigenvalue weighted by molar-refractivity contribution is 5.77. The summed E-state index contributed by atoms with van der Waals surface area (Å²) < 4.78 is 0. The number of benzene rings is 2. The van der Waals surface area contributed by atoms with Crippen molar-refractivity contribution in [2.75, 3.05) is 0 Å². The van der Waals surface area contributed by atoms with E-state index in [-0.39, 0.29) is 6.61 Å². The zero-order chi connectivity index (χ0) is 10.3. The summed E-state index contributed by atoms with van der Waals surface area (Å²) >= 11 is 0. The molecule has 3 rings (SSSR count). The minimum Gasteiger partial charge on any atom is -0.392 e. The van der Waals surface area contributed by atoms with Crippen LogP contribution in [0.3, 0.4) is 0 Å². The zero-order valence-electron chi connectivity index (χ0n) is 8.40. The summed E-state index contributed by atoms with van der Waals surface area (Å²) in [4.78, 5) is 0. The Labute approximate surface area is 89.0 Å². The van der Waals surface area contributed by atoms with Crippen LogP contribution in [0.15, 0.2) is 42.5 Å². The van der Waals surface area contributed by atoms with Crippen LogP contribution >= 0.6 is 0 Å². The van der Waals surface area contributed by atoms with Crippen molar-refractivity contribution in [2.24, 2.45) is 0 Å². The predicted molar refractivity (Wildman–Crippen MR) is 60.6 cm³/mol. The van der Waals surface area contributed by atoms with Crippen molar-refractivity contribution in [1.29, 1.82) is 0 Å². The van der Waals surface area contributed by atoms with Crippen LogP contribution in [0.4, 0.5) is 0 Å². The maximum Gasteiger partial charge on any atom is 0.0684 e. The molecule has 1 nitrogen and oxygen atoms in total. The minimum atomic E-state index is 0.136. The lowest BCUT2D eigenvalue weighted by molar-refractivity contribution is 0.281. The Morgan fingerprint density at radius 1 is 0.933 bits per heavy atom. The summed E-state index contributed by atoms with van der Waals surface area (Å²) in [5.74, 6) is 0. The van der Waals surface area contributed by atoms with Gasteiger partial charge in [-0.15, -0.1) is 0 Å². The fourth-order valence-electron chi connectivity index (χ4n) is 2.37. The second-order valence-corrected chi connectivity index (χ2v) is 3.94. The SMILES string of the molecule is OCc1cccc2c1Cc1ccccc1-2. The van der Waals surface area contributed by atoms with Crippen LogP contribution in [0.5, 0.6) is 0 Å². The van der Waals surface area contributed by atoms with Gasteiger partial charge in [-0.25, -0.2) is 0 Å². The van der Waals surface area contributed by atoms with E-state index in [4.69, 9.17) is 0 Å². The quantitative estimate of drug-likeness (QED) is 0.634. The molecular weight excluding hydrogens is 184 g/mol. The zero-order valence-corrected chi connectivity index (χ0v) is 8.40. The highest BCUT2D eigenvalue weighted by Gasteiger charge is 2.19. The molecule has 74 valence electrons. The Hall–Kier alpha value is -1.60. The van der Waals surface area contributed by atoms with E-state index >= 15 is 0 Å². The molecule has 0 bridgehead atoms. The fourth-order valence-corrected chi connectivity index (χ4v) is 2.37. The van der Waals surface area contributed by atoms with Gasteiger partial charge in [0.25, 0.3) is 0 Å². The molecule has 0 aliphatic heterocycles. The highest BCUT2D eigenvalue weighted by Crippen LogP contribution is 2.37. The maximum absolute atomic E-state index is 9.28. The molecule has 2 aromatic rings. The summed E-state index contributed by atoms with van der Waals surface area (Å²) in [5, 5.41) is 9.28. The minimum absolute atomic E-state index is 0.136. The van der Waals surface area contributed by atoms with E-state index in [1.807, 2.05) is 12.1 Å².